The van der Waals surface area contributed by atoms with Crippen molar-refractivity contribution >= 4 is 17.2 Å². The first-order chi connectivity index (χ1) is 7.79. The van der Waals surface area contributed by atoms with Crippen molar-refractivity contribution in [3.8, 4) is 0 Å². The Hall–Kier alpha value is -0.900. The topological polar surface area (TPSA) is 33.2 Å². The van der Waals surface area contributed by atoms with Crippen molar-refractivity contribution in [2.75, 3.05) is 13.1 Å². The van der Waals surface area contributed by atoms with Gasteiger partial charge in [0.05, 0.1) is 11.7 Å². The molecular formula is C12H16N2OS. The smallest absolute Gasteiger partial charge is 0.265 e. The van der Waals surface area contributed by atoms with Crippen molar-refractivity contribution in [3.63, 3.8) is 0 Å². The molecule has 1 aromatic heterocycles. The van der Waals surface area contributed by atoms with Gasteiger partial charge in [0.1, 0.15) is 4.88 Å². The minimum atomic E-state index is 0.186. The van der Waals surface area contributed by atoms with Gasteiger partial charge in [-0.15, -0.1) is 11.3 Å². The monoisotopic (exact) mass is 236 g/mol. The van der Waals surface area contributed by atoms with Crippen LogP contribution in [0.15, 0.2) is 11.7 Å². The summed E-state index contributed by atoms with van der Waals surface area (Å²) in [6.07, 6.45) is 8.23. The lowest BCUT2D eigenvalue weighted by Crippen LogP contribution is -2.30. The second kappa shape index (κ2) is 3.84. The third-order valence-electron chi connectivity index (χ3n) is 4.03. The van der Waals surface area contributed by atoms with Crippen LogP contribution >= 0.6 is 11.3 Å². The summed E-state index contributed by atoms with van der Waals surface area (Å²) in [5, 5.41) is 0. The van der Waals surface area contributed by atoms with Crippen molar-refractivity contribution in [2.24, 2.45) is 5.41 Å². The Balaban J connectivity index is 1.72. The molecule has 2 aliphatic rings. The average molecular weight is 236 g/mol. The zero-order chi connectivity index (χ0) is 11.0. The SMILES string of the molecule is O=C(c1cncs1)N1CCC2(CCCC2)C1. The highest BCUT2D eigenvalue weighted by atomic mass is 32.1. The molecular weight excluding hydrogens is 220 g/mol. The normalized spacial score (nSPS) is 23.1. The summed E-state index contributed by atoms with van der Waals surface area (Å²) < 4.78 is 0. The van der Waals surface area contributed by atoms with Crippen LogP contribution in [0.5, 0.6) is 0 Å². The number of carbonyl (C=O) groups excluding carboxylic acids is 1. The van der Waals surface area contributed by atoms with Crippen molar-refractivity contribution in [1.82, 2.24) is 9.88 Å². The van der Waals surface area contributed by atoms with E-state index in [1.165, 1.54) is 43.4 Å². The molecule has 0 N–H and O–H groups in total. The predicted octanol–water partition coefficient (Wildman–Crippen LogP) is 2.55. The van der Waals surface area contributed by atoms with E-state index < -0.39 is 0 Å². The summed E-state index contributed by atoms with van der Waals surface area (Å²) in [5.41, 5.74) is 2.20. The van der Waals surface area contributed by atoms with Crippen LogP contribution in [0.3, 0.4) is 0 Å². The highest BCUT2D eigenvalue weighted by Gasteiger charge is 2.41. The maximum Gasteiger partial charge on any atom is 0.265 e. The number of carbonyl (C=O) groups is 1. The van der Waals surface area contributed by atoms with Crippen molar-refractivity contribution in [1.29, 1.82) is 0 Å². The van der Waals surface area contributed by atoms with Gasteiger partial charge in [0.15, 0.2) is 0 Å². The number of aromatic nitrogens is 1. The van der Waals surface area contributed by atoms with Gasteiger partial charge < -0.3 is 4.90 Å². The highest BCUT2D eigenvalue weighted by molar-refractivity contribution is 7.11. The standard InChI is InChI=1S/C12H16N2OS/c15-11(10-7-13-9-16-10)14-6-5-12(8-14)3-1-2-4-12/h7,9H,1-6,8H2. The summed E-state index contributed by atoms with van der Waals surface area (Å²) in [5.74, 6) is 0.186. The Bertz CT molecular complexity index is 382. The minimum Gasteiger partial charge on any atom is -0.337 e. The number of thiazole rings is 1. The van der Waals surface area contributed by atoms with Crippen molar-refractivity contribution < 1.29 is 4.79 Å². The lowest BCUT2D eigenvalue weighted by Gasteiger charge is -2.23. The minimum absolute atomic E-state index is 0.186. The Morgan fingerprint density at radius 3 is 2.88 bits per heavy atom. The van der Waals surface area contributed by atoms with E-state index in [9.17, 15) is 4.79 Å². The molecule has 0 aromatic carbocycles. The van der Waals surface area contributed by atoms with Crippen LogP contribution in [0.2, 0.25) is 0 Å². The largest absolute Gasteiger partial charge is 0.337 e. The summed E-state index contributed by atoms with van der Waals surface area (Å²) in [6.45, 7) is 1.92. The number of likely N-dealkylation sites (tertiary alicyclic amines) is 1. The van der Waals surface area contributed by atoms with Crippen LogP contribution in [0.4, 0.5) is 0 Å². The lowest BCUT2D eigenvalue weighted by molar-refractivity contribution is 0.0778. The molecule has 16 heavy (non-hydrogen) atoms. The second-order valence-corrected chi connectivity index (χ2v) is 5.94. The third kappa shape index (κ3) is 1.65. The summed E-state index contributed by atoms with van der Waals surface area (Å²) in [6, 6.07) is 0. The predicted molar refractivity (Wildman–Crippen MR) is 63.5 cm³/mol. The van der Waals surface area contributed by atoms with Gasteiger partial charge in [-0.05, 0) is 24.7 Å². The first kappa shape index (κ1) is 10.3. The van der Waals surface area contributed by atoms with E-state index in [0.717, 1.165) is 18.0 Å². The summed E-state index contributed by atoms with van der Waals surface area (Å²) >= 11 is 1.45. The molecule has 1 aliphatic heterocycles. The molecule has 86 valence electrons. The number of hydrogen-bond donors (Lipinski definition) is 0. The van der Waals surface area contributed by atoms with Gasteiger partial charge in [-0.3, -0.25) is 9.78 Å². The molecule has 1 saturated carbocycles. The van der Waals surface area contributed by atoms with Gasteiger partial charge in [-0.1, -0.05) is 12.8 Å². The second-order valence-electron chi connectivity index (χ2n) is 5.05. The lowest BCUT2D eigenvalue weighted by atomic mass is 9.86. The number of amides is 1. The van der Waals surface area contributed by atoms with Crippen LogP contribution in [0.1, 0.15) is 41.8 Å². The molecule has 2 heterocycles. The molecule has 0 unspecified atom stereocenters. The van der Waals surface area contributed by atoms with E-state index in [2.05, 4.69) is 4.98 Å². The fraction of sp³-hybridized carbons (Fsp3) is 0.667. The Morgan fingerprint density at radius 1 is 1.38 bits per heavy atom. The van der Waals surface area contributed by atoms with E-state index in [4.69, 9.17) is 0 Å². The number of nitrogens with zero attached hydrogens (tertiary/aromatic N) is 2. The molecule has 1 saturated heterocycles. The Morgan fingerprint density at radius 2 is 2.19 bits per heavy atom. The molecule has 3 rings (SSSR count). The highest BCUT2D eigenvalue weighted by Crippen LogP contribution is 2.45. The molecule has 0 bridgehead atoms. The zero-order valence-corrected chi connectivity index (χ0v) is 10.1. The van der Waals surface area contributed by atoms with Gasteiger partial charge in [-0.2, -0.15) is 0 Å². The maximum absolute atomic E-state index is 12.1. The van der Waals surface area contributed by atoms with Gasteiger partial charge >= 0.3 is 0 Å². The van der Waals surface area contributed by atoms with Crippen LogP contribution in [-0.2, 0) is 0 Å². The molecule has 0 radical (unpaired) electrons. The van der Waals surface area contributed by atoms with Crippen LogP contribution in [-0.4, -0.2) is 28.9 Å². The first-order valence-corrected chi connectivity index (χ1v) is 6.85. The van der Waals surface area contributed by atoms with E-state index in [1.807, 2.05) is 4.90 Å². The van der Waals surface area contributed by atoms with Crippen LogP contribution < -0.4 is 0 Å². The third-order valence-corrected chi connectivity index (χ3v) is 4.79. The van der Waals surface area contributed by atoms with E-state index >= 15 is 0 Å². The first-order valence-electron chi connectivity index (χ1n) is 5.97. The Kier molecular flexibility index (Phi) is 2.46. The van der Waals surface area contributed by atoms with E-state index in [-0.39, 0.29) is 5.91 Å². The fourth-order valence-electron chi connectivity index (χ4n) is 3.12. The van der Waals surface area contributed by atoms with Gasteiger partial charge in [-0.25, -0.2) is 0 Å². The molecule has 0 atom stereocenters. The van der Waals surface area contributed by atoms with Crippen LogP contribution in [0.25, 0.3) is 0 Å². The van der Waals surface area contributed by atoms with Gasteiger partial charge in [0.25, 0.3) is 5.91 Å². The van der Waals surface area contributed by atoms with E-state index in [1.54, 1.807) is 11.7 Å². The molecule has 3 nitrogen and oxygen atoms in total. The Labute approximate surface area is 99.5 Å². The van der Waals surface area contributed by atoms with Crippen LogP contribution in [0, 0.1) is 5.41 Å². The molecule has 2 fully saturated rings. The summed E-state index contributed by atoms with van der Waals surface area (Å²) in [7, 11) is 0. The van der Waals surface area contributed by atoms with Gasteiger partial charge in [0.2, 0.25) is 0 Å². The molecule has 1 aromatic rings. The molecule has 1 amide bonds. The summed E-state index contributed by atoms with van der Waals surface area (Å²) in [4.78, 5) is 18.9. The maximum atomic E-state index is 12.1. The zero-order valence-electron chi connectivity index (χ0n) is 9.32. The van der Waals surface area contributed by atoms with Crippen molar-refractivity contribution in [2.45, 2.75) is 32.1 Å². The molecule has 4 heteroatoms. The van der Waals surface area contributed by atoms with Crippen molar-refractivity contribution in [3.05, 3.63) is 16.6 Å². The number of rotatable bonds is 1. The number of hydrogen-bond acceptors (Lipinski definition) is 3. The quantitative estimate of drug-likeness (QED) is 0.750. The average Bonchev–Trinajstić information content (AvgIpc) is 3.01. The van der Waals surface area contributed by atoms with Gasteiger partial charge in [0, 0.05) is 13.1 Å². The molecule has 1 aliphatic carbocycles. The molecule has 1 spiro atoms. The fourth-order valence-corrected chi connectivity index (χ4v) is 3.71. The van der Waals surface area contributed by atoms with E-state index in [0.29, 0.717) is 5.41 Å².